The number of benzene rings is 2. The fourth-order valence-electron chi connectivity index (χ4n) is 4.82. The molecule has 1 amide bonds. The molecule has 6 rings (SSSR count). The molecule has 1 aliphatic heterocycles. The van der Waals surface area contributed by atoms with E-state index in [2.05, 4.69) is 30.5 Å². The van der Waals surface area contributed by atoms with Gasteiger partial charge >= 0.3 is 0 Å². The number of aryl methyl sites for hydroxylation is 1. The second kappa shape index (κ2) is 11.4. The van der Waals surface area contributed by atoms with Crippen molar-refractivity contribution in [3.05, 3.63) is 71.9 Å². The Balaban J connectivity index is 1.12. The average molecular weight is 591 g/mol. The summed E-state index contributed by atoms with van der Waals surface area (Å²) in [5.41, 5.74) is 9.82. The van der Waals surface area contributed by atoms with Crippen molar-refractivity contribution in [3.8, 4) is 23.1 Å². The predicted molar refractivity (Wildman–Crippen MR) is 160 cm³/mol. The first-order chi connectivity index (χ1) is 20.3. The van der Waals surface area contributed by atoms with Crippen molar-refractivity contribution < 1.29 is 23.3 Å². The van der Waals surface area contributed by atoms with E-state index in [0.717, 1.165) is 17.6 Å². The van der Waals surface area contributed by atoms with Crippen LogP contribution in [0.1, 0.15) is 22.8 Å². The Morgan fingerprint density at radius 1 is 1.12 bits per heavy atom. The van der Waals surface area contributed by atoms with Crippen LogP contribution in [0.4, 0.5) is 11.5 Å². The maximum atomic E-state index is 13.0. The maximum absolute atomic E-state index is 13.0. The van der Waals surface area contributed by atoms with E-state index in [0.29, 0.717) is 71.1 Å². The fourth-order valence-corrected chi connectivity index (χ4v) is 6.12. The van der Waals surface area contributed by atoms with Gasteiger partial charge < -0.3 is 20.4 Å². The molecule has 1 saturated heterocycles. The molecule has 0 aliphatic carbocycles. The molecule has 0 radical (unpaired) electrons. The number of fused-ring (bicyclic) bond motifs is 1. The van der Waals surface area contributed by atoms with Gasteiger partial charge in [-0.25, -0.2) is 14.6 Å². The number of ether oxygens (including phenoxy) is 1. The minimum Gasteiger partial charge on any atom is -0.439 e. The third kappa shape index (κ3) is 5.92. The molecule has 13 nitrogen and oxygen atoms in total. The lowest BCUT2D eigenvalue weighted by Gasteiger charge is -2.41. The normalized spacial score (nSPS) is 15.9. The first-order valence-corrected chi connectivity index (χ1v) is 15.3. The molecular formula is C28H30N8O5S. The van der Waals surface area contributed by atoms with E-state index in [9.17, 15) is 13.9 Å². The Labute approximate surface area is 242 Å². The molecule has 0 atom stereocenters. The highest BCUT2D eigenvalue weighted by molar-refractivity contribution is 8.24. The highest BCUT2D eigenvalue weighted by Gasteiger charge is 2.22. The van der Waals surface area contributed by atoms with E-state index in [1.807, 2.05) is 35.8 Å². The number of rotatable bonds is 8. The second-order valence-electron chi connectivity index (χ2n) is 9.96. The molecule has 0 unspecified atom stereocenters. The zero-order chi connectivity index (χ0) is 29.3. The van der Waals surface area contributed by atoms with Crippen molar-refractivity contribution in [2.75, 3.05) is 35.6 Å². The molecule has 3 aromatic heterocycles. The summed E-state index contributed by atoms with van der Waals surface area (Å²) in [6.45, 7) is 4.58. The number of anilines is 2. The molecule has 5 aromatic rings. The molecule has 5 N–H and O–H groups in total. The summed E-state index contributed by atoms with van der Waals surface area (Å²) in [6, 6.07) is 16.3. The number of aromatic nitrogens is 5. The van der Waals surface area contributed by atoms with E-state index >= 15 is 0 Å². The third-order valence-electron chi connectivity index (χ3n) is 7.06. The smallest absolute Gasteiger partial charge is 0.255 e. The molecular weight excluding hydrogens is 560 g/mol. The highest BCUT2D eigenvalue weighted by Crippen LogP contribution is 2.40. The summed E-state index contributed by atoms with van der Waals surface area (Å²) < 4.78 is 32.3. The molecule has 1 aliphatic rings. The van der Waals surface area contributed by atoms with Gasteiger partial charge in [-0.05, 0) is 53.1 Å². The number of nitrogens with zero attached hydrogens (tertiary/aromatic N) is 6. The number of imidazole rings is 1. The van der Waals surface area contributed by atoms with Crippen LogP contribution in [0.5, 0.6) is 11.6 Å². The van der Waals surface area contributed by atoms with Gasteiger partial charge in [-0.1, -0.05) is 18.2 Å². The van der Waals surface area contributed by atoms with Gasteiger partial charge in [-0.15, -0.1) is 0 Å². The number of hydrogen-bond donors (Lipinski definition) is 4. The summed E-state index contributed by atoms with van der Waals surface area (Å²) >= 11 is 0. The number of nitrogens with two attached hydrogens (primary N) is 1. The average Bonchev–Trinajstić information content (AvgIpc) is 3.57. The largest absolute Gasteiger partial charge is 0.439 e. The van der Waals surface area contributed by atoms with Gasteiger partial charge in [0.05, 0.1) is 23.2 Å². The van der Waals surface area contributed by atoms with E-state index < -0.39 is 10.6 Å². The van der Waals surface area contributed by atoms with E-state index in [-0.39, 0.29) is 11.7 Å². The van der Waals surface area contributed by atoms with Gasteiger partial charge in [0.15, 0.2) is 17.3 Å². The van der Waals surface area contributed by atoms with Crippen LogP contribution in [0.2, 0.25) is 0 Å². The van der Waals surface area contributed by atoms with Crippen LogP contribution in [0.3, 0.4) is 0 Å². The van der Waals surface area contributed by atoms with Crippen molar-refractivity contribution in [1.29, 1.82) is 0 Å². The minimum absolute atomic E-state index is 0.150. The molecule has 0 spiro atoms. The van der Waals surface area contributed by atoms with Crippen molar-refractivity contribution in [3.63, 3.8) is 0 Å². The molecule has 4 heterocycles. The monoisotopic (exact) mass is 590 g/mol. The summed E-state index contributed by atoms with van der Waals surface area (Å²) in [5, 5.41) is 10.4. The van der Waals surface area contributed by atoms with Gasteiger partial charge in [-0.3, -0.25) is 18.8 Å². The maximum Gasteiger partial charge on any atom is 0.255 e. The van der Waals surface area contributed by atoms with E-state index in [1.165, 1.54) is 0 Å². The first kappa shape index (κ1) is 27.7. The summed E-state index contributed by atoms with van der Waals surface area (Å²) in [4.78, 5) is 24.2. The van der Waals surface area contributed by atoms with Crippen molar-refractivity contribution in [2.45, 2.75) is 20.0 Å². The van der Waals surface area contributed by atoms with E-state index in [1.54, 1.807) is 36.5 Å². The quantitative estimate of drug-likeness (QED) is 0.197. The predicted octanol–water partition coefficient (Wildman–Crippen LogP) is 4.69. The second-order valence-corrected chi connectivity index (χ2v) is 12.4. The summed E-state index contributed by atoms with van der Waals surface area (Å²) in [5.74, 6) is 2.01. The molecule has 218 valence electrons. The molecule has 2 aromatic carbocycles. The first-order valence-electron chi connectivity index (χ1n) is 13.4. The zero-order valence-electron chi connectivity index (χ0n) is 22.8. The van der Waals surface area contributed by atoms with Gasteiger partial charge in [0.25, 0.3) is 5.91 Å². The molecule has 0 bridgehead atoms. The third-order valence-corrected chi connectivity index (χ3v) is 8.73. The van der Waals surface area contributed by atoms with Crippen LogP contribution in [-0.4, -0.2) is 69.4 Å². The standard InChI is InChI=1S/C28H30N8O5S/c1-2-36-23-15-24(30-16-22(23)32-27(36)25-26(29)34-41-33-25)40-21-5-3-4-19(14-21)28(37)31-20-8-6-18(7-9-20)17-35-10-12-42(38,39)13-11-35/h3-9,14-16,38-39H,2,10-13,17H2,1H3,(H2,29,34)(H,31,37). The van der Waals surface area contributed by atoms with Crippen LogP contribution in [0.25, 0.3) is 22.6 Å². The lowest BCUT2D eigenvalue weighted by Crippen LogP contribution is -2.37. The molecule has 42 heavy (non-hydrogen) atoms. The molecule has 0 saturated carbocycles. The summed E-state index contributed by atoms with van der Waals surface area (Å²) in [7, 11) is -2.41. The lowest BCUT2D eigenvalue weighted by molar-refractivity contribution is 0.102. The van der Waals surface area contributed by atoms with Crippen LogP contribution < -0.4 is 15.8 Å². The fraction of sp³-hybridized carbons (Fsp3) is 0.250. The van der Waals surface area contributed by atoms with Crippen LogP contribution in [0.15, 0.2) is 65.4 Å². The van der Waals surface area contributed by atoms with Gasteiger partial charge in [-0.2, -0.15) is 10.6 Å². The minimum atomic E-state index is -2.41. The SMILES string of the molecule is CCn1c(-c2nonc2N)nc2cnc(Oc3cccc(C(=O)Nc4ccc(CN5CCS(O)(O)CC5)cc4)c3)cc21. The molecule has 14 heteroatoms. The Morgan fingerprint density at radius 2 is 1.90 bits per heavy atom. The van der Waals surface area contributed by atoms with Crippen molar-refractivity contribution in [1.82, 2.24) is 29.7 Å². The van der Waals surface area contributed by atoms with Gasteiger partial charge in [0.2, 0.25) is 5.88 Å². The van der Waals surface area contributed by atoms with Gasteiger partial charge in [0, 0.05) is 43.5 Å². The topological polar surface area (TPSA) is 178 Å². The Morgan fingerprint density at radius 3 is 2.62 bits per heavy atom. The number of carbonyl (C=O) groups is 1. The Hall–Kier alpha value is -4.50. The van der Waals surface area contributed by atoms with E-state index in [4.69, 9.17) is 15.1 Å². The Kier molecular flexibility index (Phi) is 7.51. The number of nitrogens with one attached hydrogen (secondary N) is 1. The lowest BCUT2D eigenvalue weighted by atomic mass is 10.1. The molecule has 1 fully saturated rings. The number of carbonyl (C=O) groups excluding carboxylic acids is 1. The Bertz CT molecular complexity index is 1730. The van der Waals surface area contributed by atoms with Gasteiger partial charge in [0.1, 0.15) is 11.3 Å². The zero-order valence-corrected chi connectivity index (χ0v) is 23.6. The number of nitrogen functional groups attached to an aromatic ring is 1. The highest BCUT2D eigenvalue weighted by atomic mass is 32.3. The van der Waals surface area contributed by atoms with Crippen LogP contribution in [-0.2, 0) is 13.1 Å². The number of amides is 1. The number of hydrogen-bond acceptors (Lipinski definition) is 11. The number of pyridine rings is 1. The van der Waals surface area contributed by atoms with Crippen LogP contribution in [0, 0.1) is 0 Å². The van der Waals surface area contributed by atoms with Crippen molar-refractivity contribution >= 4 is 39.0 Å². The van der Waals surface area contributed by atoms with Crippen LogP contribution >= 0.6 is 10.6 Å². The van der Waals surface area contributed by atoms with Crippen molar-refractivity contribution in [2.24, 2.45) is 0 Å². The summed E-state index contributed by atoms with van der Waals surface area (Å²) in [6.07, 6.45) is 1.60.